The lowest BCUT2D eigenvalue weighted by atomic mass is 10.0. The molecule has 0 aliphatic carbocycles. The summed E-state index contributed by atoms with van der Waals surface area (Å²) in [5, 5.41) is 1.73. The van der Waals surface area contributed by atoms with E-state index >= 15 is 0 Å². The smallest absolute Gasteiger partial charge is 0.164 e. The summed E-state index contributed by atoms with van der Waals surface area (Å²) >= 11 is 0. The Morgan fingerprint density at radius 3 is 2.30 bits per heavy atom. The van der Waals surface area contributed by atoms with Crippen LogP contribution in [0.15, 0.2) is 84.8 Å². The van der Waals surface area contributed by atoms with Gasteiger partial charge in [0.15, 0.2) is 11.6 Å². The Morgan fingerprint density at radius 2 is 1.37 bits per heavy atom. The van der Waals surface area contributed by atoms with E-state index in [1.54, 1.807) is 6.92 Å². The number of benzene rings is 4. The number of hydrogen-bond acceptors (Lipinski definition) is 3. The lowest BCUT2D eigenvalue weighted by molar-refractivity contribution is 0.994. The van der Waals surface area contributed by atoms with Crippen molar-refractivity contribution < 1.29 is 9.60 Å². The second kappa shape index (κ2) is 6.29. The predicted molar refractivity (Wildman–Crippen MR) is 110 cm³/mol. The molecule has 0 radical (unpaired) electrons. The number of aryl methyl sites for hydroxylation is 1. The van der Waals surface area contributed by atoms with Gasteiger partial charge in [0, 0.05) is 11.1 Å². The minimum absolute atomic E-state index is 0.0176. The zero-order valence-electron chi connectivity index (χ0n) is 21.4. The summed E-state index contributed by atoms with van der Waals surface area (Å²) in [4.78, 5) is 13.4. The zero-order chi connectivity index (χ0) is 24.3. The van der Waals surface area contributed by atoms with Gasteiger partial charge in [0.05, 0.1) is 9.60 Å². The summed E-state index contributed by atoms with van der Waals surface area (Å²) < 4.78 is 58.0. The monoisotopic (exact) mass is 354 g/mol. The van der Waals surface area contributed by atoms with E-state index in [1.807, 2.05) is 42.5 Å². The zero-order valence-corrected chi connectivity index (χ0v) is 14.4. The number of fused-ring (bicyclic) bond motifs is 2. The maximum atomic E-state index is 8.56. The van der Waals surface area contributed by atoms with Crippen molar-refractivity contribution >= 4 is 21.5 Å². The lowest BCUT2D eigenvalue weighted by Crippen LogP contribution is -2.00. The summed E-state index contributed by atoms with van der Waals surface area (Å²) in [6.45, 7) is 1.67. The fourth-order valence-corrected chi connectivity index (χ4v) is 3.11. The van der Waals surface area contributed by atoms with E-state index in [9.17, 15) is 0 Å². The second-order valence-corrected chi connectivity index (χ2v) is 6.06. The Morgan fingerprint density at radius 1 is 0.630 bits per heavy atom. The topological polar surface area (TPSA) is 38.7 Å². The molecule has 0 spiro atoms. The van der Waals surface area contributed by atoms with Crippen molar-refractivity contribution in [3.63, 3.8) is 0 Å². The molecule has 27 heavy (non-hydrogen) atoms. The highest BCUT2D eigenvalue weighted by Gasteiger charge is 2.12. The van der Waals surface area contributed by atoms with Gasteiger partial charge in [-0.25, -0.2) is 15.0 Å². The molecule has 5 aromatic rings. The van der Waals surface area contributed by atoms with Gasteiger partial charge in [-0.15, -0.1) is 0 Å². The molecule has 3 nitrogen and oxygen atoms in total. The minimum Gasteiger partial charge on any atom is -0.213 e. The number of hydrogen-bond donors (Lipinski definition) is 0. The van der Waals surface area contributed by atoms with Crippen molar-refractivity contribution in [2.45, 2.75) is 6.92 Å². The van der Waals surface area contributed by atoms with Crippen molar-refractivity contribution in [3.05, 3.63) is 90.6 Å². The van der Waals surface area contributed by atoms with E-state index in [2.05, 4.69) is 15.0 Å². The van der Waals surface area contributed by atoms with E-state index in [0.717, 1.165) is 16.3 Å². The Balaban J connectivity index is 1.90. The average molecular weight is 354 g/mol. The van der Waals surface area contributed by atoms with E-state index in [1.165, 1.54) is 0 Å². The Kier molecular flexibility index (Phi) is 2.31. The first kappa shape index (κ1) is 9.93. The summed E-state index contributed by atoms with van der Waals surface area (Å²) in [5.74, 6) is 0.709. The van der Waals surface area contributed by atoms with E-state index < -0.39 is 36.3 Å². The summed E-state index contributed by atoms with van der Waals surface area (Å²) in [5.41, 5.74) is 0.723. The number of rotatable bonds is 2. The Bertz CT molecular complexity index is 1640. The van der Waals surface area contributed by atoms with Gasteiger partial charge in [0.1, 0.15) is 5.82 Å². The largest absolute Gasteiger partial charge is 0.213 e. The first-order chi connectivity index (χ1) is 16.2. The fraction of sp³-hybridized carbons (Fsp3) is 0.0417. The van der Waals surface area contributed by atoms with Crippen molar-refractivity contribution in [2.24, 2.45) is 0 Å². The second-order valence-electron chi connectivity index (χ2n) is 6.06. The molecule has 5 rings (SSSR count). The van der Waals surface area contributed by atoms with Gasteiger partial charge < -0.3 is 0 Å². The van der Waals surface area contributed by atoms with E-state index in [0.29, 0.717) is 11.6 Å². The highest BCUT2D eigenvalue weighted by molar-refractivity contribution is 5.97. The van der Waals surface area contributed by atoms with Gasteiger partial charge in [-0.05, 0) is 28.5 Å². The summed E-state index contributed by atoms with van der Waals surface area (Å²) in [7, 11) is 0. The van der Waals surface area contributed by atoms with E-state index in [4.69, 9.17) is 9.60 Å². The molecule has 4 aromatic carbocycles. The molecule has 0 saturated heterocycles. The molecule has 0 atom stereocenters. The van der Waals surface area contributed by atoms with Crippen LogP contribution in [0.5, 0.6) is 0 Å². The van der Waals surface area contributed by atoms with Crippen molar-refractivity contribution in [3.8, 4) is 22.8 Å². The van der Waals surface area contributed by atoms with Crippen LogP contribution in [0.3, 0.4) is 0 Å². The van der Waals surface area contributed by atoms with Gasteiger partial charge in [-0.3, -0.25) is 0 Å². The van der Waals surface area contributed by atoms with Crippen molar-refractivity contribution in [1.82, 2.24) is 15.0 Å². The first-order valence-corrected chi connectivity index (χ1v) is 8.41. The number of aromatic nitrogens is 3. The maximum absolute atomic E-state index is 8.56. The van der Waals surface area contributed by atoms with Crippen LogP contribution in [-0.2, 0) is 0 Å². The predicted octanol–water partition coefficient (Wildman–Crippen LogP) is 5.82. The highest BCUT2D eigenvalue weighted by atomic mass is 15.0. The number of nitrogens with zero attached hydrogens (tertiary/aromatic N) is 3. The van der Waals surface area contributed by atoms with Crippen LogP contribution in [0, 0.1) is 6.92 Å². The molecule has 0 saturated carbocycles. The third-order valence-corrected chi connectivity index (χ3v) is 4.31. The molecule has 0 amide bonds. The van der Waals surface area contributed by atoms with Crippen LogP contribution in [0.2, 0.25) is 0 Å². The maximum Gasteiger partial charge on any atom is 0.164 e. The molecule has 0 aliphatic rings. The molecule has 0 bridgehead atoms. The minimum atomic E-state index is -0.502. The Hall–Kier alpha value is -3.59. The van der Waals surface area contributed by atoms with Crippen LogP contribution >= 0.6 is 0 Å². The molecular formula is C24H17N3. The average Bonchev–Trinajstić information content (AvgIpc) is 2.83. The van der Waals surface area contributed by atoms with Gasteiger partial charge in [0.25, 0.3) is 0 Å². The van der Waals surface area contributed by atoms with Crippen LogP contribution in [0.25, 0.3) is 44.3 Å². The van der Waals surface area contributed by atoms with Gasteiger partial charge >= 0.3 is 0 Å². The molecule has 3 heteroatoms. The molecule has 0 fully saturated rings. The summed E-state index contributed by atoms with van der Waals surface area (Å²) in [6, 6.07) is 10.4. The van der Waals surface area contributed by atoms with Crippen LogP contribution < -0.4 is 0 Å². The quantitative estimate of drug-likeness (QED) is 0.401. The SMILES string of the molecule is [2H]c1c([2H])c([2H])c2c(-c3nc(C)nc(-c4cccc5ccccc45)n3)c([2H])c([2H])c([2H])c2c1[2H]. The third-order valence-electron chi connectivity index (χ3n) is 4.31. The van der Waals surface area contributed by atoms with Crippen LogP contribution in [-0.4, -0.2) is 15.0 Å². The molecule has 128 valence electrons. The molecule has 1 aromatic heterocycles. The Labute approximate surface area is 167 Å². The van der Waals surface area contributed by atoms with Gasteiger partial charge in [-0.2, -0.15) is 0 Å². The first-order valence-electron chi connectivity index (χ1n) is 11.9. The molecular weight excluding hydrogens is 330 g/mol. The van der Waals surface area contributed by atoms with Crippen LogP contribution in [0.4, 0.5) is 0 Å². The van der Waals surface area contributed by atoms with Crippen molar-refractivity contribution in [2.75, 3.05) is 0 Å². The third kappa shape index (κ3) is 2.74. The van der Waals surface area contributed by atoms with Crippen molar-refractivity contribution in [1.29, 1.82) is 0 Å². The lowest BCUT2D eigenvalue weighted by Gasteiger charge is -2.10. The normalized spacial score (nSPS) is 14.8. The van der Waals surface area contributed by atoms with Gasteiger partial charge in [-0.1, -0.05) is 84.8 Å². The standard InChI is InChI=1S/C24H17N3/c1-16-25-23(21-14-6-10-17-8-2-4-12-19(17)21)27-24(26-16)22-15-7-11-18-9-3-5-13-20(18)22/h2-15H,1H3/i2D,4D,6D,8D,10D,12D,14D. The molecule has 1 heterocycles. The molecule has 0 aliphatic heterocycles. The van der Waals surface area contributed by atoms with E-state index in [-0.39, 0.29) is 28.2 Å². The van der Waals surface area contributed by atoms with Gasteiger partial charge in [0.2, 0.25) is 0 Å². The summed E-state index contributed by atoms with van der Waals surface area (Å²) in [6.07, 6.45) is 0. The molecule has 0 N–H and O–H groups in total. The van der Waals surface area contributed by atoms with Crippen LogP contribution in [0.1, 0.15) is 15.4 Å². The fourth-order valence-electron chi connectivity index (χ4n) is 3.11. The highest BCUT2D eigenvalue weighted by Crippen LogP contribution is 2.30. The molecule has 0 unspecified atom stereocenters.